The first-order chi connectivity index (χ1) is 9.88. The van der Waals surface area contributed by atoms with E-state index in [1.165, 1.54) is 18.2 Å². The van der Waals surface area contributed by atoms with Crippen molar-refractivity contribution in [2.45, 2.75) is 24.3 Å². The quantitative estimate of drug-likeness (QED) is 0.581. The van der Waals surface area contributed by atoms with Crippen molar-refractivity contribution >= 4 is 15.7 Å². The van der Waals surface area contributed by atoms with Crippen LogP contribution in [0.3, 0.4) is 0 Å². The van der Waals surface area contributed by atoms with E-state index in [1.54, 1.807) is 6.92 Å². The summed E-state index contributed by atoms with van der Waals surface area (Å²) in [6.07, 6.45) is 0.591. The first kappa shape index (κ1) is 15.3. The van der Waals surface area contributed by atoms with Crippen molar-refractivity contribution in [2.75, 3.05) is 5.73 Å². The number of sulfonamides is 1. The third-order valence-corrected chi connectivity index (χ3v) is 4.64. The highest BCUT2D eigenvalue weighted by atomic mass is 32.2. The van der Waals surface area contributed by atoms with Crippen molar-refractivity contribution in [3.8, 4) is 5.75 Å². The molecule has 0 bridgehead atoms. The molecule has 0 heterocycles. The Morgan fingerprint density at radius 1 is 1.19 bits per heavy atom. The summed E-state index contributed by atoms with van der Waals surface area (Å²) in [5.41, 5.74) is 6.62. The van der Waals surface area contributed by atoms with Gasteiger partial charge in [-0.25, -0.2) is 13.1 Å². The number of rotatable bonds is 5. The molecule has 0 aromatic heterocycles. The van der Waals surface area contributed by atoms with E-state index in [0.29, 0.717) is 6.42 Å². The van der Waals surface area contributed by atoms with E-state index in [9.17, 15) is 13.5 Å². The average molecular weight is 306 g/mol. The monoisotopic (exact) mass is 306 g/mol. The average Bonchev–Trinajstić information content (AvgIpc) is 2.42. The summed E-state index contributed by atoms with van der Waals surface area (Å²) in [5, 5.41) is 9.35. The molecule has 21 heavy (non-hydrogen) atoms. The zero-order valence-corrected chi connectivity index (χ0v) is 12.5. The smallest absolute Gasteiger partial charge is 0.240 e. The first-order valence-electron chi connectivity index (χ1n) is 6.53. The highest BCUT2D eigenvalue weighted by Crippen LogP contribution is 2.23. The van der Waals surface area contributed by atoms with Gasteiger partial charge in [0.1, 0.15) is 5.75 Å². The van der Waals surface area contributed by atoms with Crippen LogP contribution in [0.25, 0.3) is 0 Å². The molecule has 0 saturated carbocycles. The van der Waals surface area contributed by atoms with E-state index in [-0.39, 0.29) is 22.4 Å². The molecule has 2 aromatic carbocycles. The van der Waals surface area contributed by atoms with Gasteiger partial charge in [-0.3, -0.25) is 0 Å². The molecule has 0 spiro atoms. The van der Waals surface area contributed by atoms with E-state index in [2.05, 4.69) is 4.72 Å². The standard InChI is InChI=1S/C15H18N2O3S/c1-11(9-12-5-3-2-4-6-12)17-21(19,20)13-7-8-15(18)14(16)10-13/h2-8,10-11,17-18H,9,16H2,1H3. The molecule has 2 aromatic rings. The van der Waals surface area contributed by atoms with Gasteiger partial charge in [0.25, 0.3) is 0 Å². The number of benzene rings is 2. The van der Waals surface area contributed by atoms with Crippen molar-refractivity contribution in [2.24, 2.45) is 0 Å². The molecular formula is C15H18N2O3S. The fourth-order valence-electron chi connectivity index (χ4n) is 2.04. The molecule has 4 N–H and O–H groups in total. The van der Waals surface area contributed by atoms with Gasteiger partial charge in [-0.15, -0.1) is 0 Å². The third-order valence-electron chi connectivity index (χ3n) is 3.05. The molecule has 5 nitrogen and oxygen atoms in total. The number of aromatic hydroxyl groups is 1. The minimum absolute atomic E-state index is 0.0357. The normalized spacial score (nSPS) is 13.0. The van der Waals surface area contributed by atoms with Crippen molar-refractivity contribution in [3.63, 3.8) is 0 Å². The van der Waals surface area contributed by atoms with E-state index < -0.39 is 10.0 Å². The van der Waals surface area contributed by atoms with E-state index >= 15 is 0 Å². The Balaban J connectivity index is 2.11. The fraction of sp³-hybridized carbons (Fsp3) is 0.200. The molecule has 6 heteroatoms. The summed E-state index contributed by atoms with van der Waals surface area (Å²) in [7, 11) is -3.66. The second-order valence-electron chi connectivity index (χ2n) is 4.93. The Bertz CT molecular complexity index is 715. The van der Waals surface area contributed by atoms with Gasteiger partial charge in [-0.05, 0) is 37.1 Å². The van der Waals surface area contributed by atoms with Crippen molar-refractivity contribution in [3.05, 3.63) is 54.1 Å². The number of hydrogen-bond donors (Lipinski definition) is 3. The molecule has 0 aliphatic carbocycles. The topological polar surface area (TPSA) is 92.4 Å². The molecule has 0 aliphatic heterocycles. The lowest BCUT2D eigenvalue weighted by molar-refractivity contribution is 0.477. The minimum atomic E-state index is -3.66. The summed E-state index contributed by atoms with van der Waals surface area (Å²) in [6, 6.07) is 13.2. The largest absolute Gasteiger partial charge is 0.506 e. The molecule has 0 fully saturated rings. The number of nitrogens with two attached hydrogens (primary N) is 1. The van der Waals surface area contributed by atoms with Crippen molar-refractivity contribution < 1.29 is 13.5 Å². The van der Waals surface area contributed by atoms with Crippen LogP contribution in [-0.2, 0) is 16.4 Å². The van der Waals surface area contributed by atoms with Crippen LogP contribution in [0.15, 0.2) is 53.4 Å². The first-order valence-corrected chi connectivity index (χ1v) is 8.01. The van der Waals surface area contributed by atoms with Crippen LogP contribution in [0.4, 0.5) is 5.69 Å². The molecule has 2 rings (SSSR count). The van der Waals surface area contributed by atoms with Crippen molar-refractivity contribution in [1.82, 2.24) is 4.72 Å². The fourth-order valence-corrected chi connectivity index (χ4v) is 3.32. The predicted octanol–water partition coefficient (Wildman–Crippen LogP) is 1.88. The number of nitrogen functional groups attached to an aromatic ring is 1. The van der Waals surface area contributed by atoms with Crippen molar-refractivity contribution in [1.29, 1.82) is 0 Å². The molecule has 1 atom stereocenters. The summed E-state index contributed by atoms with van der Waals surface area (Å²) in [6.45, 7) is 1.80. The lowest BCUT2D eigenvalue weighted by Gasteiger charge is -2.15. The van der Waals surface area contributed by atoms with Crippen LogP contribution in [0.5, 0.6) is 5.75 Å². The van der Waals surface area contributed by atoms with Crippen LogP contribution in [0, 0.1) is 0 Å². The number of phenolic OH excluding ortho intramolecular Hbond substituents is 1. The molecule has 0 saturated heterocycles. The van der Waals surface area contributed by atoms with Gasteiger partial charge in [0, 0.05) is 6.04 Å². The number of hydrogen-bond acceptors (Lipinski definition) is 4. The second-order valence-corrected chi connectivity index (χ2v) is 6.65. The zero-order chi connectivity index (χ0) is 15.5. The predicted molar refractivity (Wildman–Crippen MR) is 82.4 cm³/mol. The molecule has 112 valence electrons. The van der Waals surface area contributed by atoms with Crippen LogP contribution >= 0.6 is 0 Å². The van der Waals surface area contributed by atoms with E-state index in [1.807, 2.05) is 30.3 Å². The molecule has 0 amide bonds. The SMILES string of the molecule is CC(Cc1ccccc1)NS(=O)(=O)c1ccc(O)c(N)c1. The Morgan fingerprint density at radius 2 is 1.86 bits per heavy atom. The number of nitrogens with one attached hydrogen (secondary N) is 1. The molecule has 0 aliphatic rings. The molecular weight excluding hydrogens is 288 g/mol. The van der Waals surface area contributed by atoms with Gasteiger partial charge in [-0.1, -0.05) is 30.3 Å². The lowest BCUT2D eigenvalue weighted by Crippen LogP contribution is -2.34. The number of anilines is 1. The zero-order valence-electron chi connectivity index (χ0n) is 11.7. The van der Waals surface area contributed by atoms with Gasteiger partial charge in [0.2, 0.25) is 10.0 Å². The molecule has 0 radical (unpaired) electrons. The maximum atomic E-state index is 12.2. The molecule has 1 unspecified atom stereocenters. The Kier molecular flexibility index (Phi) is 4.50. The van der Waals surface area contributed by atoms with Gasteiger partial charge in [0.05, 0.1) is 10.6 Å². The van der Waals surface area contributed by atoms with Gasteiger partial charge in [0.15, 0.2) is 0 Å². The highest BCUT2D eigenvalue weighted by molar-refractivity contribution is 7.89. The summed E-state index contributed by atoms with van der Waals surface area (Å²) in [4.78, 5) is 0.0395. The van der Waals surface area contributed by atoms with E-state index in [0.717, 1.165) is 5.56 Å². The summed E-state index contributed by atoms with van der Waals surface area (Å²) < 4.78 is 27.1. The van der Waals surface area contributed by atoms with Crippen LogP contribution in [0.1, 0.15) is 12.5 Å². The highest BCUT2D eigenvalue weighted by Gasteiger charge is 2.18. The number of phenols is 1. The third kappa shape index (κ3) is 3.96. The summed E-state index contributed by atoms with van der Waals surface area (Å²) in [5.74, 6) is -0.133. The Labute approximate surface area is 124 Å². The van der Waals surface area contributed by atoms with Crippen LogP contribution in [-0.4, -0.2) is 19.6 Å². The van der Waals surface area contributed by atoms with E-state index in [4.69, 9.17) is 5.73 Å². The maximum absolute atomic E-state index is 12.2. The van der Waals surface area contributed by atoms with Gasteiger partial charge < -0.3 is 10.8 Å². The van der Waals surface area contributed by atoms with Gasteiger partial charge >= 0.3 is 0 Å². The van der Waals surface area contributed by atoms with Crippen LogP contribution < -0.4 is 10.5 Å². The second kappa shape index (κ2) is 6.15. The van der Waals surface area contributed by atoms with Crippen LogP contribution in [0.2, 0.25) is 0 Å². The lowest BCUT2D eigenvalue weighted by atomic mass is 10.1. The minimum Gasteiger partial charge on any atom is -0.506 e. The summed E-state index contributed by atoms with van der Waals surface area (Å²) >= 11 is 0. The maximum Gasteiger partial charge on any atom is 0.240 e. The van der Waals surface area contributed by atoms with Gasteiger partial charge in [-0.2, -0.15) is 0 Å². The Hall–Kier alpha value is -2.05. The Morgan fingerprint density at radius 3 is 2.48 bits per heavy atom.